The number of hydrogen-bond donors (Lipinski definition) is 2. The molecule has 1 aromatic carbocycles. The van der Waals surface area contributed by atoms with Gasteiger partial charge in [-0.05, 0) is 43.7 Å². The third-order valence-electron chi connectivity index (χ3n) is 4.18. The number of rotatable bonds is 2. The Morgan fingerprint density at radius 2 is 2.00 bits per heavy atom. The number of aryl methyl sites for hydroxylation is 1. The van der Waals surface area contributed by atoms with Gasteiger partial charge in [0.2, 0.25) is 0 Å². The summed E-state index contributed by atoms with van der Waals surface area (Å²) in [6, 6.07) is 11.2. The molecule has 0 bridgehead atoms. The van der Waals surface area contributed by atoms with Crippen LogP contribution < -0.4 is 10.6 Å². The van der Waals surface area contributed by atoms with Gasteiger partial charge in [0.1, 0.15) is 16.5 Å². The van der Waals surface area contributed by atoms with Crippen molar-refractivity contribution < 1.29 is 9.21 Å². The lowest BCUT2D eigenvalue weighted by atomic mass is 10.1. The molecule has 0 spiro atoms. The zero-order valence-electron chi connectivity index (χ0n) is 13.1. The van der Waals surface area contributed by atoms with E-state index >= 15 is 0 Å². The van der Waals surface area contributed by atoms with Crippen LogP contribution in [0.4, 0.5) is 5.00 Å². The molecule has 1 aliphatic heterocycles. The Bertz CT molecular complexity index is 944. The Labute approximate surface area is 148 Å². The number of nitrogens with one attached hydrogen (secondary N) is 2. The molecule has 3 heterocycles. The summed E-state index contributed by atoms with van der Waals surface area (Å²) in [5.41, 5.74) is 2.66. The molecule has 1 unspecified atom stereocenters. The van der Waals surface area contributed by atoms with E-state index < -0.39 is 0 Å². The van der Waals surface area contributed by atoms with Crippen LogP contribution in [0, 0.1) is 13.8 Å². The molecule has 1 amide bonds. The van der Waals surface area contributed by atoms with Gasteiger partial charge >= 0.3 is 0 Å². The van der Waals surface area contributed by atoms with Gasteiger partial charge in [-0.3, -0.25) is 4.79 Å². The van der Waals surface area contributed by atoms with Crippen molar-refractivity contribution in [1.29, 1.82) is 0 Å². The lowest BCUT2D eigenvalue weighted by Gasteiger charge is -2.24. The average Bonchev–Trinajstić information content (AvgIpc) is 3.13. The Balaban J connectivity index is 1.65. The number of thiophene rings is 1. The van der Waals surface area contributed by atoms with Crippen molar-refractivity contribution in [3.8, 4) is 11.3 Å². The quantitative estimate of drug-likeness (QED) is 0.667. The van der Waals surface area contributed by atoms with Gasteiger partial charge in [-0.2, -0.15) is 0 Å². The molecular weight excluding hydrogens is 344 g/mol. The third kappa shape index (κ3) is 2.50. The van der Waals surface area contributed by atoms with Crippen LogP contribution in [0.15, 0.2) is 40.8 Å². The summed E-state index contributed by atoms with van der Waals surface area (Å²) in [4.78, 5) is 13.6. The van der Waals surface area contributed by atoms with E-state index in [4.69, 9.17) is 16.0 Å². The summed E-state index contributed by atoms with van der Waals surface area (Å²) >= 11 is 7.63. The maximum Gasteiger partial charge on any atom is 0.256 e. The van der Waals surface area contributed by atoms with E-state index in [2.05, 4.69) is 10.6 Å². The lowest BCUT2D eigenvalue weighted by molar-refractivity contribution is 0.0931. The smallest absolute Gasteiger partial charge is 0.256 e. The molecule has 24 heavy (non-hydrogen) atoms. The zero-order valence-corrected chi connectivity index (χ0v) is 14.7. The molecule has 6 heteroatoms. The van der Waals surface area contributed by atoms with Gasteiger partial charge in [0.05, 0.1) is 5.56 Å². The highest BCUT2D eigenvalue weighted by Gasteiger charge is 2.30. The molecule has 4 nitrogen and oxygen atoms in total. The molecule has 0 aliphatic carbocycles. The number of carbonyl (C=O) groups is 1. The van der Waals surface area contributed by atoms with Crippen molar-refractivity contribution in [3.05, 3.63) is 63.2 Å². The van der Waals surface area contributed by atoms with Crippen LogP contribution in [0.25, 0.3) is 11.3 Å². The highest BCUT2D eigenvalue weighted by molar-refractivity contribution is 7.16. The second kappa shape index (κ2) is 5.69. The molecule has 2 aromatic heterocycles. The van der Waals surface area contributed by atoms with Crippen LogP contribution >= 0.6 is 22.9 Å². The Morgan fingerprint density at radius 3 is 2.79 bits per heavy atom. The third-order valence-corrected chi connectivity index (χ3v) is 5.56. The van der Waals surface area contributed by atoms with Crippen molar-refractivity contribution in [2.24, 2.45) is 0 Å². The molecule has 122 valence electrons. The van der Waals surface area contributed by atoms with Crippen molar-refractivity contribution >= 4 is 33.8 Å². The minimum Gasteiger partial charge on any atom is -0.457 e. The van der Waals surface area contributed by atoms with Crippen LogP contribution in [0.5, 0.6) is 0 Å². The van der Waals surface area contributed by atoms with Gasteiger partial charge < -0.3 is 15.1 Å². The van der Waals surface area contributed by atoms with Crippen LogP contribution in [0.2, 0.25) is 5.02 Å². The second-order valence-electron chi connectivity index (χ2n) is 5.75. The predicted octanol–water partition coefficient (Wildman–Crippen LogP) is 5.13. The minimum absolute atomic E-state index is 0.0729. The van der Waals surface area contributed by atoms with Crippen molar-refractivity contribution in [3.63, 3.8) is 0 Å². The van der Waals surface area contributed by atoms with E-state index in [1.165, 1.54) is 0 Å². The van der Waals surface area contributed by atoms with Gasteiger partial charge in [-0.15, -0.1) is 11.3 Å². The molecule has 0 radical (unpaired) electrons. The molecule has 4 rings (SSSR count). The van der Waals surface area contributed by atoms with E-state index in [1.807, 2.05) is 50.2 Å². The molecule has 2 N–H and O–H groups in total. The summed E-state index contributed by atoms with van der Waals surface area (Å²) in [6.45, 7) is 3.99. The number of benzene rings is 1. The molecule has 3 aromatic rings. The van der Waals surface area contributed by atoms with E-state index in [1.54, 1.807) is 11.3 Å². The fourth-order valence-electron chi connectivity index (χ4n) is 2.82. The Kier molecular flexibility index (Phi) is 3.62. The van der Waals surface area contributed by atoms with E-state index in [0.717, 1.165) is 26.6 Å². The Morgan fingerprint density at radius 1 is 1.17 bits per heavy atom. The largest absolute Gasteiger partial charge is 0.457 e. The fourth-order valence-corrected chi connectivity index (χ4v) is 4.10. The van der Waals surface area contributed by atoms with Gasteiger partial charge in [0, 0.05) is 15.5 Å². The number of fused-ring (bicyclic) bond motifs is 1. The standard InChI is InChI=1S/C18H15ClN2O2S/c1-9-10(2)24-18-15(9)17(22)20-16(21-18)14-7-6-13(23-14)11-4-3-5-12(19)8-11/h3-8,16,21H,1-2H3,(H,20,22). The first kappa shape index (κ1) is 15.3. The van der Waals surface area contributed by atoms with Crippen LogP contribution in [0.3, 0.4) is 0 Å². The molecule has 1 atom stereocenters. The summed E-state index contributed by atoms with van der Waals surface area (Å²) in [5, 5.41) is 7.85. The summed E-state index contributed by atoms with van der Waals surface area (Å²) < 4.78 is 5.93. The monoisotopic (exact) mass is 358 g/mol. The highest BCUT2D eigenvalue weighted by atomic mass is 35.5. The number of anilines is 1. The highest BCUT2D eigenvalue weighted by Crippen LogP contribution is 2.38. The second-order valence-corrected chi connectivity index (χ2v) is 7.41. The van der Waals surface area contributed by atoms with Crippen molar-refractivity contribution in [1.82, 2.24) is 5.32 Å². The maximum atomic E-state index is 12.4. The van der Waals surface area contributed by atoms with E-state index in [-0.39, 0.29) is 12.1 Å². The van der Waals surface area contributed by atoms with Gasteiger partial charge in [0.15, 0.2) is 6.17 Å². The normalized spacial score (nSPS) is 16.5. The number of furan rings is 1. The van der Waals surface area contributed by atoms with E-state index in [0.29, 0.717) is 16.5 Å². The van der Waals surface area contributed by atoms with Crippen LogP contribution in [0.1, 0.15) is 32.7 Å². The first-order chi connectivity index (χ1) is 11.5. The lowest BCUT2D eigenvalue weighted by Crippen LogP contribution is -2.37. The zero-order chi connectivity index (χ0) is 16.8. The molecule has 0 saturated carbocycles. The SMILES string of the molecule is Cc1sc2c(c1C)C(=O)NC(c1ccc(-c3cccc(Cl)c3)o1)N2. The predicted molar refractivity (Wildman–Crippen MR) is 96.8 cm³/mol. The Hall–Kier alpha value is -2.24. The average molecular weight is 359 g/mol. The summed E-state index contributed by atoms with van der Waals surface area (Å²) in [6.07, 6.45) is -0.379. The van der Waals surface area contributed by atoms with Crippen LogP contribution in [-0.4, -0.2) is 5.91 Å². The van der Waals surface area contributed by atoms with Gasteiger partial charge in [0.25, 0.3) is 5.91 Å². The van der Waals surface area contributed by atoms with E-state index in [9.17, 15) is 4.79 Å². The van der Waals surface area contributed by atoms with Crippen LogP contribution in [-0.2, 0) is 0 Å². The molecule has 0 saturated heterocycles. The van der Waals surface area contributed by atoms with Gasteiger partial charge in [-0.1, -0.05) is 23.7 Å². The van der Waals surface area contributed by atoms with Gasteiger partial charge in [-0.25, -0.2) is 0 Å². The number of carbonyl (C=O) groups excluding carboxylic acids is 1. The van der Waals surface area contributed by atoms with Crippen molar-refractivity contribution in [2.45, 2.75) is 20.0 Å². The number of amides is 1. The molecular formula is C18H15ClN2O2S. The van der Waals surface area contributed by atoms with Crippen molar-refractivity contribution in [2.75, 3.05) is 5.32 Å². The topological polar surface area (TPSA) is 54.3 Å². The first-order valence-corrected chi connectivity index (χ1v) is 8.75. The molecule has 1 aliphatic rings. The molecule has 0 fully saturated rings. The summed E-state index contributed by atoms with van der Waals surface area (Å²) in [7, 11) is 0. The number of hydrogen-bond acceptors (Lipinski definition) is 4. The minimum atomic E-state index is -0.379. The maximum absolute atomic E-state index is 12.4. The summed E-state index contributed by atoms with van der Waals surface area (Å²) in [5.74, 6) is 1.30. The number of halogens is 1. The fraction of sp³-hybridized carbons (Fsp3) is 0.167. The first-order valence-electron chi connectivity index (χ1n) is 7.56.